The molecule has 3 aromatic rings. The summed E-state index contributed by atoms with van der Waals surface area (Å²) >= 11 is 0. The van der Waals surface area contributed by atoms with Crippen molar-refractivity contribution in [2.45, 2.75) is 19.9 Å². The van der Waals surface area contributed by atoms with Crippen LogP contribution in [0.1, 0.15) is 17.7 Å². The monoisotopic (exact) mass is 350 g/mol. The number of likely N-dealkylation sites (tertiary alicyclic amines) is 1. The summed E-state index contributed by atoms with van der Waals surface area (Å²) in [4.78, 5) is 30.7. The fraction of sp³-hybridized carbons (Fsp3) is 0.278. The Kier molecular flexibility index (Phi) is 4.08. The minimum atomic E-state index is -0.413. The zero-order valence-electron chi connectivity index (χ0n) is 14.3. The number of fused-ring (bicyclic) bond motifs is 1. The van der Waals surface area contributed by atoms with Crippen LogP contribution in [0.3, 0.4) is 0 Å². The number of aryl methyl sites for hydroxylation is 1. The summed E-state index contributed by atoms with van der Waals surface area (Å²) in [5, 5.41) is 10.9. The number of nitrogens with one attached hydrogen (secondary N) is 1. The van der Waals surface area contributed by atoms with E-state index in [1.807, 2.05) is 43.5 Å². The van der Waals surface area contributed by atoms with Gasteiger partial charge in [-0.15, -0.1) is 10.2 Å². The topological polar surface area (TPSA) is 92.5 Å². The van der Waals surface area contributed by atoms with Gasteiger partial charge in [-0.1, -0.05) is 6.07 Å². The van der Waals surface area contributed by atoms with Crippen LogP contribution in [0.2, 0.25) is 0 Å². The predicted molar refractivity (Wildman–Crippen MR) is 94.1 cm³/mol. The molecule has 0 aliphatic carbocycles. The third-order valence-electron chi connectivity index (χ3n) is 4.46. The largest absolute Gasteiger partial charge is 0.336 e. The van der Waals surface area contributed by atoms with E-state index in [9.17, 15) is 9.59 Å². The first kappa shape index (κ1) is 16.2. The number of anilines is 1. The number of hydrogen-bond donors (Lipinski definition) is 1. The van der Waals surface area contributed by atoms with Crippen LogP contribution in [-0.2, 0) is 16.1 Å². The van der Waals surface area contributed by atoms with Crippen molar-refractivity contribution in [3.8, 4) is 0 Å². The highest BCUT2D eigenvalue weighted by Gasteiger charge is 2.34. The maximum absolute atomic E-state index is 12.6. The van der Waals surface area contributed by atoms with Crippen molar-refractivity contribution in [2.24, 2.45) is 5.92 Å². The Hall–Kier alpha value is -3.29. The number of pyridine rings is 2. The van der Waals surface area contributed by atoms with Gasteiger partial charge in [0.2, 0.25) is 17.8 Å². The van der Waals surface area contributed by atoms with Gasteiger partial charge in [0.1, 0.15) is 0 Å². The van der Waals surface area contributed by atoms with Gasteiger partial charge in [-0.25, -0.2) is 0 Å². The van der Waals surface area contributed by atoms with Gasteiger partial charge >= 0.3 is 0 Å². The van der Waals surface area contributed by atoms with E-state index in [1.54, 1.807) is 15.5 Å². The first-order valence-corrected chi connectivity index (χ1v) is 8.40. The molecule has 0 saturated carbocycles. The van der Waals surface area contributed by atoms with E-state index in [0.29, 0.717) is 24.7 Å². The van der Waals surface area contributed by atoms with Crippen LogP contribution < -0.4 is 5.32 Å². The van der Waals surface area contributed by atoms with Crippen molar-refractivity contribution >= 4 is 23.4 Å². The maximum Gasteiger partial charge on any atom is 0.235 e. The molecule has 0 radical (unpaired) electrons. The second kappa shape index (κ2) is 6.55. The Labute approximate surface area is 149 Å². The molecule has 1 aliphatic rings. The lowest BCUT2D eigenvalue weighted by Crippen LogP contribution is -2.28. The fourth-order valence-electron chi connectivity index (χ4n) is 3.08. The van der Waals surface area contributed by atoms with Crippen molar-refractivity contribution in [3.63, 3.8) is 0 Å². The van der Waals surface area contributed by atoms with Crippen molar-refractivity contribution in [2.75, 3.05) is 11.9 Å². The lowest BCUT2D eigenvalue weighted by atomic mass is 10.1. The minimum Gasteiger partial charge on any atom is -0.336 e. The number of amides is 2. The Morgan fingerprint density at radius 1 is 1.31 bits per heavy atom. The van der Waals surface area contributed by atoms with E-state index in [4.69, 9.17) is 0 Å². The smallest absolute Gasteiger partial charge is 0.235 e. The van der Waals surface area contributed by atoms with Crippen LogP contribution in [0.25, 0.3) is 5.65 Å². The summed E-state index contributed by atoms with van der Waals surface area (Å²) in [5.41, 5.74) is 2.54. The number of rotatable bonds is 4. The molecule has 0 bridgehead atoms. The Balaban J connectivity index is 1.44. The average Bonchev–Trinajstić information content (AvgIpc) is 3.19. The van der Waals surface area contributed by atoms with E-state index >= 15 is 0 Å². The van der Waals surface area contributed by atoms with Gasteiger partial charge in [-0.3, -0.25) is 24.3 Å². The van der Waals surface area contributed by atoms with E-state index in [1.165, 1.54) is 0 Å². The van der Waals surface area contributed by atoms with Gasteiger partial charge in [0.25, 0.3) is 0 Å². The number of aromatic nitrogens is 4. The zero-order valence-corrected chi connectivity index (χ0v) is 14.3. The first-order valence-electron chi connectivity index (χ1n) is 8.40. The Bertz CT molecular complexity index is 968. The molecular formula is C18H18N6O2. The molecule has 0 aromatic carbocycles. The van der Waals surface area contributed by atoms with Crippen molar-refractivity contribution in [1.29, 1.82) is 0 Å². The highest BCUT2D eigenvalue weighted by molar-refractivity contribution is 5.96. The quantitative estimate of drug-likeness (QED) is 0.768. The van der Waals surface area contributed by atoms with Crippen LogP contribution >= 0.6 is 0 Å². The standard InChI is InChI=1S/C18H18N6O2/c1-12-5-7-24-15(8-12)21-22-18(24)20-17(26)13-9-16(25)23(10-13)11-14-4-2-3-6-19-14/h2-8,13H,9-11H2,1H3,(H,20,22,26). The third kappa shape index (κ3) is 3.13. The van der Waals surface area contributed by atoms with Crippen LogP contribution in [0.15, 0.2) is 42.7 Å². The van der Waals surface area contributed by atoms with Gasteiger partial charge in [0.15, 0.2) is 5.65 Å². The second-order valence-electron chi connectivity index (χ2n) is 6.44. The van der Waals surface area contributed by atoms with Crippen LogP contribution in [0, 0.1) is 12.8 Å². The molecule has 26 heavy (non-hydrogen) atoms. The van der Waals surface area contributed by atoms with E-state index in [0.717, 1.165) is 11.3 Å². The summed E-state index contributed by atoms with van der Waals surface area (Å²) in [6, 6.07) is 9.38. The summed E-state index contributed by atoms with van der Waals surface area (Å²) in [5.74, 6) is -0.320. The molecule has 1 fully saturated rings. The van der Waals surface area contributed by atoms with Crippen LogP contribution in [0.5, 0.6) is 0 Å². The summed E-state index contributed by atoms with van der Waals surface area (Å²) in [6.07, 6.45) is 3.69. The lowest BCUT2D eigenvalue weighted by molar-refractivity contribution is -0.128. The molecule has 1 saturated heterocycles. The molecule has 1 N–H and O–H groups in total. The third-order valence-corrected chi connectivity index (χ3v) is 4.46. The summed E-state index contributed by atoms with van der Waals surface area (Å²) < 4.78 is 1.72. The van der Waals surface area contributed by atoms with E-state index < -0.39 is 5.92 Å². The molecule has 2 amide bonds. The fourth-order valence-corrected chi connectivity index (χ4v) is 3.08. The van der Waals surface area contributed by atoms with Gasteiger partial charge < -0.3 is 4.90 Å². The number of carbonyl (C=O) groups excluding carboxylic acids is 2. The molecule has 1 unspecified atom stereocenters. The lowest BCUT2D eigenvalue weighted by Gasteiger charge is -2.15. The highest BCUT2D eigenvalue weighted by atomic mass is 16.2. The molecule has 1 aliphatic heterocycles. The number of hydrogen-bond acceptors (Lipinski definition) is 5. The normalized spacial score (nSPS) is 17.0. The number of nitrogens with zero attached hydrogens (tertiary/aromatic N) is 5. The van der Waals surface area contributed by atoms with Gasteiger partial charge in [0, 0.05) is 25.4 Å². The zero-order chi connectivity index (χ0) is 18.1. The molecule has 0 spiro atoms. The average molecular weight is 350 g/mol. The van der Waals surface area contributed by atoms with E-state index in [-0.39, 0.29) is 18.2 Å². The molecule has 4 rings (SSSR count). The van der Waals surface area contributed by atoms with Crippen LogP contribution in [0.4, 0.5) is 5.95 Å². The van der Waals surface area contributed by atoms with Gasteiger partial charge in [0.05, 0.1) is 18.2 Å². The summed E-state index contributed by atoms with van der Waals surface area (Å²) in [7, 11) is 0. The molecule has 3 aromatic heterocycles. The molecule has 8 nitrogen and oxygen atoms in total. The van der Waals surface area contributed by atoms with Crippen molar-refractivity contribution in [1.82, 2.24) is 24.5 Å². The van der Waals surface area contributed by atoms with Crippen LogP contribution in [-0.4, -0.2) is 42.8 Å². The van der Waals surface area contributed by atoms with Gasteiger partial charge in [-0.05, 0) is 36.8 Å². The second-order valence-corrected chi connectivity index (χ2v) is 6.44. The molecule has 4 heterocycles. The molecular weight excluding hydrogens is 332 g/mol. The SMILES string of the molecule is Cc1ccn2c(NC(=O)C3CC(=O)N(Cc4ccccn4)C3)nnc2c1. The molecule has 1 atom stereocenters. The highest BCUT2D eigenvalue weighted by Crippen LogP contribution is 2.21. The van der Waals surface area contributed by atoms with E-state index in [2.05, 4.69) is 20.5 Å². The molecule has 132 valence electrons. The number of carbonyl (C=O) groups is 2. The van der Waals surface area contributed by atoms with Crippen molar-refractivity contribution < 1.29 is 9.59 Å². The van der Waals surface area contributed by atoms with Crippen molar-refractivity contribution in [3.05, 3.63) is 54.0 Å². The Morgan fingerprint density at radius 2 is 2.19 bits per heavy atom. The summed E-state index contributed by atoms with van der Waals surface area (Å²) in [6.45, 7) is 2.75. The predicted octanol–water partition coefficient (Wildman–Crippen LogP) is 1.42. The van der Waals surface area contributed by atoms with Gasteiger partial charge in [-0.2, -0.15) is 0 Å². The molecule has 8 heteroatoms. The Morgan fingerprint density at radius 3 is 3.00 bits per heavy atom. The first-order chi connectivity index (χ1) is 12.6. The maximum atomic E-state index is 12.6. The minimum absolute atomic E-state index is 0.0440.